The van der Waals surface area contributed by atoms with E-state index in [-0.39, 0.29) is 34.3 Å². The summed E-state index contributed by atoms with van der Waals surface area (Å²) in [5.41, 5.74) is -1.00. The van der Waals surface area contributed by atoms with E-state index < -0.39 is 21.8 Å². The zero-order chi connectivity index (χ0) is 20.9. The Morgan fingerprint density at radius 1 is 1.04 bits per heavy atom. The summed E-state index contributed by atoms with van der Waals surface area (Å²) in [5, 5.41) is 6.79. The normalized spacial score (nSPS) is 12.4. The molecule has 150 valence electrons. The average Bonchev–Trinajstić information content (AvgIpc) is 3.13. The lowest BCUT2D eigenvalue weighted by molar-refractivity contribution is -0.137. The van der Waals surface area contributed by atoms with Gasteiger partial charge in [0, 0.05) is 10.0 Å². The van der Waals surface area contributed by atoms with E-state index in [1.165, 1.54) is 6.07 Å². The molecule has 3 aromatic rings. The molecule has 0 radical (unpaired) electrons. The second-order valence-corrected chi connectivity index (χ2v) is 11.2. The van der Waals surface area contributed by atoms with E-state index >= 15 is 0 Å². The Hall–Kier alpha value is -0.630. The lowest BCUT2D eigenvalue weighted by Gasteiger charge is -2.10. The maximum absolute atomic E-state index is 12.8. The minimum atomic E-state index is -4.62. The summed E-state index contributed by atoms with van der Waals surface area (Å²) in [6.45, 7) is 0. The van der Waals surface area contributed by atoms with Crippen LogP contribution in [-0.2, 0) is 16.2 Å². The van der Waals surface area contributed by atoms with Gasteiger partial charge in [-0.15, -0.1) is 21.5 Å². The zero-order valence-corrected chi connectivity index (χ0v) is 19.1. The van der Waals surface area contributed by atoms with Gasteiger partial charge in [-0.3, -0.25) is 4.72 Å². The van der Waals surface area contributed by atoms with Crippen LogP contribution in [0.4, 0.5) is 18.3 Å². The number of nitrogens with one attached hydrogen (secondary N) is 1. The van der Waals surface area contributed by atoms with Gasteiger partial charge in [0.15, 0.2) is 5.01 Å². The second-order valence-electron chi connectivity index (χ2n) is 5.02. The molecule has 0 atom stereocenters. The van der Waals surface area contributed by atoms with Crippen molar-refractivity contribution < 1.29 is 21.6 Å². The number of aromatic nitrogens is 2. The largest absolute Gasteiger partial charge is 0.416 e. The summed E-state index contributed by atoms with van der Waals surface area (Å²) >= 11 is 22.4. The number of benzene rings is 1. The van der Waals surface area contributed by atoms with Crippen molar-refractivity contribution in [2.75, 3.05) is 4.72 Å². The summed E-state index contributed by atoms with van der Waals surface area (Å²) < 4.78 is 66.1. The molecule has 2 heterocycles. The van der Waals surface area contributed by atoms with Crippen LogP contribution in [0.15, 0.2) is 26.9 Å². The van der Waals surface area contributed by atoms with E-state index in [9.17, 15) is 21.6 Å². The summed E-state index contributed by atoms with van der Waals surface area (Å²) in [5.74, 6) is 0. The molecule has 0 saturated heterocycles. The number of thiophene rings is 1. The van der Waals surface area contributed by atoms with Crippen molar-refractivity contribution in [2.24, 2.45) is 0 Å². The number of halogens is 7. The molecule has 0 fully saturated rings. The molecule has 0 saturated carbocycles. The maximum atomic E-state index is 12.8. The highest BCUT2D eigenvalue weighted by atomic mass is 79.9. The second kappa shape index (κ2) is 7.89. The van der Waals surface area contributed by atoms with Crippen LogP contribution in [-0.4, -0.2) is 18.6 Å². The van der Waals surface area contributed by atoms with Gasteiger partial charge in [-0.25, -0.2) is 8.42 Å². The predicted molar refractivity (Wildman–Crippen MR) is 108 cm³/mol. The third-order valence-electron chi connectivity index (χ3n) is 3.12. The Kier molecular flexibility index (Phi) is 6.22. The van der Waals surface area contributed by atoms with Crippen molar-refractivity contribution in [2.45, 2.75) is 10.4 Å². The molecule has 0 amide bonds. The van der Waals surface area contributed by atoms with Gasteiger partial charge < -0.3 is 0 Å². The molecule has 28 heavy (non-hydrogen) atoms. The standard InChI is InChI=1S/C13H4BrCl3F3N3O2S3/c14-5-3-8(26-10(5)17)28(24,25)23-12-22-21-11(27-12)9-6(15)1-4(2-7(9)16)13(18,19)20/h1-3H,(H,22,23). The summed E-state index contributed by atoms with van der Waals surface area (Å²) in [6.07, 6.45) is -4.62. The number of alkyl halides is 3. The van der Waals surface area contributed by atoms with Crippen molar-refractivity contribution in [1.82, 2.24) is 10.2 Å². The Morgan fingerprint density at radius 2 is 1.64 bits per heavy atom. The van der Waals surface area contributed by atoms with Crippen LogP contribution in [0, 0.1) is 0 Å². The Balaban J connectivity index is 1.93. The highest BCUT2D eigenvalue weighted by Crippen LogP contribution is 2.42. The van der Waals surface area contributed by atoms with E-state index in [4.69, 9.17) is 34.8 Å². The smallest absolute Gasteiger partial charge is 0.252 e. The average molecular weight is 574 g/mol. The van der Waals surface area contributed by atoms with Gasteiger partial charge in [0.05, 0.1) is 15.6 Å². The third-order valence-corrected chi connectivity index (χ3v) is 8.99. The van der Waals surface area contributed by atoms with Crippen LogP contribution < -0.4 is 4.72 Å². The molecule has 0 aliphatic rings. The lowest BCUT2D eigenvalue weighted by Crippen LogP contribution is -2.11. The van der Waals surface area contributed by atoms with Crippen LogP contribution >= 0.6 is 73.4 Å². The first-order valence-corrected chi connectivity index (χ1v) is 11.8. The number of sulfonamides is 1. The van der Waals surface area contributed by atoms with Crippen LogP contribution in [0.2, 0.25) is 14.4 Å². The SMILES string of the molecule is O=S(=O)(Nc1nnc(-c2c(Cl)cc(C(F)(F)F)cc2Cl)s1)c1cc(Br)c(Cl)s1. The Morgan fingerprint density at radius 3 is 2.14 bits per heavy atom. The van der Waals surface area contributed by atoms with Crippen molar-refractivity contribution in [3.63, 3.8) is 0 Å². The van der Waals surface area contributed by atoms with Crippen molar-refractivity contribution in [3.8, 4) is 10.6 Å². The van der Waals surface area contributed by atoms with E-state index in [2.05, 4.69) is 30.8 Å². The monoisotopic (exact) mass is 571 g/mol. The molecule has 5 nitrogen and oxygen atoms in total. The predicted octanol–water partition coefficient (Wildman–Crippen LogP) is 6.81. The molecule has 2 aromatic heterocycles. The Bertz CT molecular complexity index is 1120. The molecule has 3 rings (SSSR count). The number of hydrogen-bond donors (Lipinski definition) is 1. The summed E-state index contributed by atoms with van der Waals surface area (Å²) in [4.78, 5) is 0. The lowest BCUT2D eigenvalue weighted by atomic mass is 10.1. The first-order valence-electron chi connectivity index (χ1n) is 6.76. The third kappa shape index (κ3) is 4.58. The summed E-state index contributed by atoms with van der Waals surface area (Å²) in [6, 6.07) is 2.74. The molecule has 15 heteroatoms. The molecule has 0 unspecified atom stereocenters. The minimum Gasteiger partial charge on any atom is -0.252 e. The quantitative estimate of drug-likeness (QED) is 0.372. The maximum Gasteiger partial charge on any atom is 0.416 e. The van der Waals surface area contributed by atoms with Gasteiger partial charge in [0.1, 0.15) is 8.55 Å². The number of nitrogens with zero attached hydrogens (tertiary/aromatic N) is 2. The van der Waals surface area contributed by atoms with Crippen molar-refractivity contribution >= 4 is 88.6 Å². The van der Waals surface area contributed by atoms with Gasteiger partial charge in [-0.05, 0) is 34.1 Å². The van der Waals surface area contributed by atoms with Crippen LogP contribution in [0.5, 0.6) is 0 Å². The topological polar surface area (TPSA) is 72.0 Å². The van der Waals surface area contributed by atoms with E-state index in [1.807, 2.05) is 0 Å². The molecule has 1 N–H and O–H groups in total. The number of anilines is 1. The van der Waals surface area contributed by atoms with Crippen molar-refractivity contribution in [1.29, 1.82) is 0 Å². The van der Waals surface area contributed by atoms with Gasteiger partial charge in [-0.2, -0.15) is 13.2 Å². The minimum absolute atomic E-state index is 0.0150. The summed E-state index contributed by atoms with van der Waals surface area (Å²) in [7, 11) is -3.98. The highest BCUT2D eigenvalue weighted by Gasteiger charge is 2.32. The fourth-order valence-corrected chi connectivity index (χ4v) is 7.06. The molecule has 0 spiro atoms. The molecule has 0 aliphatic heterocycles. The first kappa shape index (κ1) is 22.1. The van der Waals surface area contributed by atoms with Gasteiger partial charge in [-0.1, -0.05) is 46.1 Å². The van der Waals surface area contributed by atoms with Gasteiger partial charge >= 0.3 is 6.18 Å². The van der Waals surface area contributed by atoms with E-state index in [0.717, 1.165) is 22.7 Å². The number of hydrogen-bond acceptors (Lipinski definition) is 6. The van der Waals surface area contributed by atoms with E-state index in [0.29, 0.717) is 16.6 Å². The molecular formula is C13H4BrCl3F3N3O2S3. The zero-order valence-electron chi connectivity index (χ0n) is 12.8. The molecule has 0 bridgehead atoms. The van der Waals surface area contributed by atoms with Crippen LogP contribution in [0.1, 0.15) is 5.56 Å². The molecular weight excluding hydrogens is 570 g/mol. The fourth-order valence-electron chi connectivity index (χ4n) is 1.93. The van der Waals surface area contributed by atoms with Crippen LogP contribution in [0.25, 0.3) is 10.6 Å². The first-order chi connectivity index (χ1) is 12.9. The van der Waals surface area contributed by atoms with Crippen LogP contribution in [0.3, 0.4) is 0 Å². The van der Waals surface area contributed by atoms with E-state index in [1.54, 1.807) is 0 Å². The fraction of sp³-hybridized carbons (Fsp3) is 0.0769. The number of rotatable bonds is 4. The molecule has 0 aliphatic carbocycles. The Labute approximate surface area is 187 Å². The van der Waals surface area contributed by atoms with Crippen molar-refractivity contribution in [3.05, 3.63) is 42.6 Å². The van der Waals surface area contributed by atoms with Gasteiger partial charge in [0.25, 0.3) is 10.0 Å². The van der Waals surface area contributed by atoms with Gasteiger partial charge in [0.2, 0.25) is 5.13 Å². The molecule has 1 aromatic carbocycles. The highest BCUT2D eigenvalue weighted by molar-refractivity contribution is 9.10.